The third-order valence-electron chi connectivity index (χ3n) is 3.69. The predicted molar refractivity (Wildman–Crippen MR) is 98.6 cm³/mol. The molecule has 132 valence electrons. The van der Waals surface area contributed by atoms with E-state index in [4.69, 9.17) is 26.2 Å². The lowest BCUT2D eigenvalue weighted by molar-refractivity contribution is -0.138. The third-order valence-corrected chi connectivity index (χ3v) is 5.17. The Kier molecular flexibility index (Phi) is 6.07. The van der Waals surface area contributed by atoms with Crippen LogP contribution in [0.1, 0.15) is 10.9 Å². The van der Waals surface area contributed by atoms with E-state index >= 15 is 0 Å². The van der Waals surface area contributed by atoms with E-state index in [0.717, 1.165) is 11.3 Å². The number of carbonyl (C=O) groups is 1. The Morgan fingerprint density at radius 1 is 1.20 bits per heavy atom. The SMILES string of the molecule is O=C(O)C1CSC(c2cc(Cl)ccc2OCCOc2ccccc2)N1. The lowest BCUT2D eigenvalue weighted by atomic mass is 10.2. The van der Waals surface area contributed by atoms with Crippen LogP contribution in [0.15, 0.2) is 48.5 Å². The summed E-state index contributed by atoms with van der Waals surface area (Å²) in [5, 5.41) is 12.6. The highest BCUT2D eigenvalue weighted by atomic mass is 35.5. The normalized spacial score (nSPS) is 19.6. The van der Waals surface area contributed by atoms with Gasteiger partial charge in [-0.05, 0) is 30.3 Å². The first kappa shape index (κ1) is 17.9. The number of ether oxygens (including phenoxy) is 2. The van der Waals surface area contributed by atoms with Gasteiger partial charge in [0.05, 0.1) is 5.37 Å². The Morgan fingerprint density at radius 3 is 2.68 bits per heavy atom. The monoisotopic (exact) mass is 379 g/mol. The van der Waals surface area contributed by atoms with Gasteiger partial charge in [-0.1, -0.05) is 29.8 Å². The number of aliphatic carboxylic acids is 1. The minimum Gasteiger partial charge on any atom is -0.490 e. The number of carboxylic acids is 1. The minimum atomic E-state index is -0.851. The first-order valence-electron chi connectivity index (χ1n) is 7.84. The number of halogens is 1. The highest BCUT2D eigenvalue weighted by molar-refractivity contribution is 7.99. The topological polar surface area (TPSA) is 67.8 Å². The average Bonchev–Trinajstić information content (AvgIpc) is 3.11. The summed E-state index contributed by atoms with van der Waals surface area (Å²) in [7, 11) is 0. The van der Waals surface area contributed by atoms with Gasteiger partial charge in [0.15, 0.2) is 0 Å². The molecule has 1 aliphatic rings. The van der Waals surface area contributed by atoms with Crippen LogP contribution in [0.5, 0.6) is 11.5 Å². The minimum absolute atomic E-state index is 0.162. The molecule has 2 aromatic rings. The molecule has 2 atom stereocenters. The van der Waals surface area contributed by atoms with Gasteiger partial charge >= 0.3 is 5.97 Å². The summed E-state index contributed by atoms with van der Waals surface area (Å²) in [6.45, 7) is 0.790. The summed E-state index contributed by atoms with van der Waals surface area (Å²) in [5.41, 5.74) is 0.848. The molecule has 0 bridgehead atoms. The van der Waals surface area contributed by atoms with E-state index in [1.165, 1.54) is 11.8 Å². The maximum absolute atomic E-state index is 11.1. The number of nitrogens with one attached hydrogen (secondary N) is 1. The molecule has 1 fully saturated rings. The van der Waals surface area contributed by atoms with Gasteiger partial charge in [-0.15, -0.1) is 11.8 Å². The maximum Gasteiger partial charge on any atom is 0.321 e. The van der Waals surface area contributed by atoms with Crippen LogP contribution in [-0.2, 0) is 4.79 Å². The fraction of sp³-hybridized carbons (Fsp3) is 0.278. The van der Waals surface area contributed by atoms with Gasteiger partial charge in [0.25, 0.3) is 0 Å². The first-order valence-corrected chi connectivity index (χ1v) is 9.27. The molecule has 2 N–H and O–H groups in total. The average molecular weight is 380 g/mol. The van der Waals surface area contributed by atoms with Crippen molar-refractivity contribution in [2.24, 2.45) is 0 Å². The number of hydrogen-bond acceptors (Lipinski definition) is 5. The number of thioether (sulfide) groups is 1. The largest absolute Gasteiger partial charge is 0.490 e. The van der Waals surface area contributed by atoms with Crippen LogP contribution in [0.25, 0.3) is 0 Å². The zero-order valence-electron chi connectivity index (χ0n) is 13.4. The van der Waals surface area contributed by atoms with Crippen LogP contribution < -0.4 is 14.8 Å². The number of rotatable bonds is 7. The van der Waals surface area contributed by atoms with Crippen LogP contribution in [0.4, 0.5) is 0 Å². The van der Waals surface area contributed by atoms with Gasteiger partial charge in [-0.25, -0.2) is 0 Å². The molecule has 0 radical (unpaired) electrons. The Hall–Kier alpha value is -1.89. The summed E-state index contributed by atoms with van der Waals surface area (Å²) >= 11 is 7.63. The third kappa shape index (κ3) is 4.81. The summed E-state index contributed by atoms with van der Waals surface area (Å²) in [5.74, 6) is 1.12. The molecule has 5 nitrogen and oxygen atoms in total. The molecule has 2 aromatic carbocycles. The van der Waals surface area contributed by atoms with E-state index in [9.17, 15) is 4.79 Å². The van der Waals surface area contributed by atoms with Gasteiger partial charge in [0, 0.05) is 16.3 Å². The van der Waals surface area contributed by atoms with Gasteiger partial charge in [-0.3, -0.25) is 10.1 Å². The lowest BCUT2D eigenvalue weighted by Gasteiger charge is -2.17. The summed E-state index contributed by atoms with van der Waals surface area (Å²) in [4.78, 5) is 11.1. The molecule has 2 unspecified atom stereocenters. The van der Waals surface area contributed by atoms with Gasteiger partial charge in [0.2, 0.25) is 0 Å². The van der Waals surface area contributed by atoms with Crippen molar-refractivity contribution in [1.29, 1.82) is 0 Å². The number of benzene rings is 2. The Labute approximate surface area is 155 Å². The van der Waals surface area contributed by atoms with Crippen molar-refractivity contribution >= 4 is 29.3 Å². The van der Waals surface area contributed by atoms with E-state index < -0.39 is 12.0 Å². The van der Waals surface area contributed by atoms with Gasteiger partial charge in [0.1, 0.15) is 30.8 Å². The molecular weight excluding hydrogens is 362 g/mol. The Morgan fingerprint density at radius 2 is 1.96 bits per heavy atom. The van der Waals surface area contributed by atoms with Crippen molar-refractivity contribution in [3.63, 3.8) is 0 Å². The summed E-state index contributed by atoms with van der Waals surface area (Å²) < 4.78 is 11.5. The van der Waals surface area contributed by atoms with E-state index in [2.05, 4.69) is 5.32 Å². The molecule has 0 aliphatic carbocycles. The first-order chi connectivity index (χ1) is 12.1. The molecule has 0 aromatic heterocycles. The Bertz CT molecular complexity index is 728. The van der Waals surface area contributed by atoms with Crippen molar-refractivity contribution in [3.8, 4) is 11.5 Å². The fourth-order valence-electron chi connectivity index (χ4n) is 2.48. The predicted octanol–water partition coefficient (Wildman–Crippen LogP) is 3.59. The molecule has 25 heavy (non-hydrogen) atoms. The van der Waals surface area contributed by atoms with Gasteiger partial charge < -0.3 is 14.6 Å². The Balaban J connectivity index is 1.60. The molecule has 0 spiro atoms. The van der Waals surface area contributed by atoms with E-state index in [0.29, 0.717) is 29.7 Å². The second-order valence-corrected chi connectivity index (χ2v) is 7.04. The fourth-order valence-corrected chi connectivity index (χ4v) is 3.91. The number of carboxylic acid groups (broad SMARTS) is 1. The van der Waals surface area contributed by atoms with Gasteiger partial charge in [-0.2, -0.15) is 0 Å². The molecule has 1 saturated heterocycles. The zero-order valence-corrected chi connectivity index (χ0v) is 14.9. The number of para-hydroxylation sites is 1. The van der Waals surface area contributed by atoms with Crippen molar-refractivity contribution in [2.45, 2.75) is 11.4 Å². The zero-order chi connectivity index (χ0) is 17.6. The molecule has 1 heterocycles. The van der Waals surface area contributed by atoms with E-state index in [-0.39, 0.29) is 5.37 Å². The summed E-state index contributed by atoms with van der Waals surface area (Å²) in [6.07, 6.45) is 0. The van der Waals surface area contributed by atoms with Crippen molar-refractivity contribution in [3.05, 3.63) is 59.1 Å². The highest BCUT2D eigenvalue weighted by Gasteiger charge is 2.32. The van der Waals surface area contributed by atoms with Crippen LogP contribution in [0, 0.1) is 0 Å². The molecule has 7 heteroatoms. The maximum atomic E-state index is 11.1. The second kappa shape index (κ2) is 8.47. The van der Waals surface area contributed by atoms with Crippen LogP contribution in [0.2, 0.25) is 5.02 Å². The molecule has 0 amide bonds. The van der Waals surface area contributed by atoms with E-state index in [1.54, 1.807) is 12.1 Å². The van der Waals surface area contributed by atoms with Crippen LogP contribution >= 0.6 is 23.4 Å². The quantitative estimate of drug-likeness (QED) is 0.716. The number of hydrogen-bond donors (Lipinski definition) is 2. The van der Waals surface area contributed by atoms with Crippen LogP contribution in [-0.4, -0.2) is 36.1 Å². The lowest BCUT2D eigenvalue weighted by Crippen LogP contribution is -2.33. The van der Waals surface area contributed by atoms with E-state index in [1.807, 2.05) is 36.4 Å². The highest BCUT2D eigenvalue weighted by Crippen LogP contribution is 2.39. The molecule has 1 aliphatic heterocycles. The molecule has 0 saturated carbocycles. The van der Waals surface area contributed by atoms with Crippen LogP contribution in [0.3, 0.4) is 0 Å². The molecular formula is C18H18ClNO4S. The summed E-state index contributed by atoms with van der Waals surface area (Å²) in [6, 6.07) is 14.3. The van der Waals surface area contributed by atoms with Crippen molar-refractivity contribution in [1.82, 2.24) is 5.32 Å². The smallest absolute Gasteiger partial charge is 0.321 e. The van der Waals surface area contributed by atoms with Crippen molar-refractivity contribution < 1.29 is 19.4 Å². The molecule has 3 rings (SSSR count). The standard InChI is InChI=1S/C18H18ClNO4S/c19-12-6-7-16(24-9-8-23-13-4-2-1-3-5-13)14(10-12)17-20-15(11-25-17)18(21)22/h1-7,10,15,17,20H,8-9,11H2,(H,21,22). The second-order valence-electron chi connectivity index (χ2n) is 5.46. The van der Waals surface area contributed by atoms with Crippen molar-refractivity contribution in [2.75, 3.05) is 19.0 Å².